The summed E-state index contributed by atoms with van der Waals surface area (Å²) in [7, 11) is 1.87. The molecule has 1 aliphatic rings. The zero-order chi connectivity index (χ0) is 21.7. The van der Waals surface area contributed by atoms with Gasteiger partial charge in [-0.25, -0.2) is 9.97 Å². The number of alkyl halides is 3. The third-order valence-electron chi connectivity index (χ3n) is 5.00. The van der Waals surface area contributed by atoms with Crippen molar-refractivity contribution in [2.24, 2.45) is 0 Å². The van der Waals surface area contributed by atoms with Gasteiger partial charge in [0.25, 0.3) is 0 Å². The van der Waals surface area contributed by atoms with Gasteiger partial charge in [-0.15, -0.1) is 0 Å². The average Bonchev–Trinajstić information content (AvgIpc) is 2.73. The molecule has 3 heterocycles. The van der Waals surface area contributed by atoms with E-state index in [0.717, 1.165) is 56.2 Å². The van der Waals surface area contributed by atoms with Gasteiger partial charge in [-0.3, -0.25) is 4.79 Å². The van der Waals surface area contributed by atoms with Crippen molar-refractivity contribution < 1.29 is 18.0 Å². The highest BCUT2D eigenvalue weighted by Gasteiger charge is 2.31. The van der Waals surface area contributed by atoms with E-state index in [4.69, 9.17) is 0 Å². The fourth-order valence-electron chi connectivity index (χ4n) is 3.48. The summed E-state index contributed by atoms with van der Waals surface area (Å²) in [6.07, 6.45) is 0.127. The molecule has 1 fully saturated rings. The summed E-state index contributed by atoms with van der Waals surface area (Å²) in [5.41, 5.74) is -0.0320. The molecule has 10 heteroatoms. The van der Waals surface area contributed by atoms with Crippen molar-refractivity contribution in [3.63, 3.8) is 0 Å². The molecule has 3 rings (SSSR count). The van der Waals surface area contributed by atoms with E-state index >= 15 is 0 Å². The number of carbonyl (C=O) groups excluding carboxylic acids is 1. The lowest BCUT2D eigenvalue weighted by Crippen LogP contribution is -2.33. The highest BCUT2D eigenvalue weighted by molar-refractivity contribution is 5.55. The van der Waals surface area contributed by atoms with E-state index < -0.39 is 11.7 Å². The SMILES string of the molecule is CCCN(C)c1nc(Nc2cc(C(F)(F)F)ccn2)cc(C2CCCN(C=O)C2)n1. The Morgan fingerprint density at radius 3 is 2.80 bits per heavy atom. The van der Waals surface area contributed by atoms with Crippen molar-refractivity contribution >= 4 is 24.0 Å². The molecule has 0 spiro atoms. The number of anilines is 3. The highest BCUT2D eigenvalue weighted by atomic mass is 19.4. The van der Waals surface area contributed by atoms with Crippen LogP contribution >= 0.6 is 0 Å². The number of carbonyl (C=O) groups is 1. The summed E-state index contributed by atoms with van der Waals surface area (Å²) in [6.45, 7) is 4.04. The van der Waals surface area contributed by atoms with E-state index in [9.17, 15) is 18.0 Å². The molecule has 2 aromatic heterocycles. The molecule has 1 amide bonds. The van der Waals surface area contributed by atoms with Crippen molar-refractivity contribution in [1.82, 2.24) is 19.9 Å². The molecular formula is C20H25F3N6O. The average molecular weight is 422 g/mol. The number of hydrogen-bond acceptors (Lipinski definition) is 6. The van der Waals surface area contributed by atoms with E-state index in [-0.39, 0.29) is 11.7 Å². The number of pyridine rings is 1. The van der Waals surface area contributed by atoms with Gasteiger partial charge >= 0.3 is 6.18 Å². The predicted octanol–water partition coefficient (Wildman–Crippen LogP) is 3.82. The number of likely N-dealkylation sites (tertiary alicyclic amines) is 1. The van der Waals surface area contributed by atoms with Crippen LogP contribution in [0.4, 0.5) is 30.8 Å². The van der Waals surface area contributed by atoms with Crippen molar-refractivity contribution in [3.8, 4) is 0 Å². The number of nitrogens with zero attached hydrogens (tertiary/aromatic N) is 5. The van der Waals surface area contributed by atoms with Crippen molar-refractivity contribution in [2.75, 3.05) is 36.9 Å². The maximum atomic E-state index is 13.0. The predicted molar refractivity (Wildman–Crippen MR) is 108 cm³/mol. The molecule has 0 bridgehead atoms. The van der Waals surface area contributed by atoms with E-state index in [0.29, 0.717) is 24.9 Å². The first-order valence-corrected chi connectivity index (χ1v) is 9.90. The molecule has 0 aliphatic carbocycles. The molecule has 0 aromatic carbocycles. The first-order valence-electron chi connectivity index (χ1n) is 9.90. The molecule has 1 atom stereocenters. The van der Waals surface area contributed by atoms with Crippen LogP contribution < -0.4 is 10.2 Å². The van der Waals surface area contributed by atoms with Gasteiger partial charge in [0.2, 0.25) is 12.4 Å². The van der Waals surface area contributed by atoms with Crippen LogP contribution in [0.5, 0.6) is 0 Å². The number of piperidine rings is 1. The minimum Gasteiger partial charge on any atom is -0.345 e. The van der Waals surface area contributed by atoms with Crippen LogP contribution in [0.15, 0.2) is 24.4 Å². The molecule has 0 radical (unpaired) electrons. The summed E-state index contributed by atoms with van der Waals surface area (Å²) in [5.74, 6) is 0.938. The Hall–Kier alpha value is -2.91. The van der Waals surface area contributed by atoms with Gasteiger partial charge in [0.15, 0.2) is 0 Å². The lowest BCUT2D eigenvalue weighted by molar-refractivity contribution is -0.137. The summed E-state index contributed by atoms with van der Waals surface area (Å²) >= 11 is 0. The first kappa shape index (κ1) is 21.8. The van der Waals surface area contributed by atoms with Crippen LogP contribution in [0.1, 0.15) is 43.4 Å². The Balaban J connectivity index is 1.93. The Labute approximate surface area is 173 Å². The van der Waals surface area contributed by atoms with Crippen molar-refractivity contribution in [3.05, 3.63) is 35.7 Å². The van der Waals surface area contributed by atoms with Crippen LogP contribution in [0.25, 0.3) is 0 Å². The lowest BCUT2D eigenvalue weighted by Gasteiger charge is -2.30. The standard InChI is InChI=1S/C20H25F3N6O/c1-3-8-28(2)19-25-16(14-5-4-9-29(12-14)13-30)11-18(27-19)26-17-10-15(6-7-24-17)20(21,22)23/h6-7,10-11,13-14H,3-5,8-9,12H2,1-2H3,(H,24,25,26,27). The monoisotopic (exact) mass is 422 g/mol. The molecule has 1 aliphatic heterocycles. The van der Waals surface area contributed by atoms with Crippen LogP contribution in [0.3, 0.4) is 0 Å². The van der Waals surface area contributed by atoms with Crippen LogP contribution in [-0.4, -0.2) is 52.9 Å². The summed E-state index contributed by atoms with van der Waals surface area (Å²) in [4.78, 5) is 27.9. The Morgan fingerprint density at radius 1 is 1.30 bits per heavy atom. The molecule has 1 unspecified atom stereocenters. The van der Waals surface area contributed by atoms with Crippen molar-refractivity contribution in [1.29, 1.82) is 0 Å². The lowest BCUT2D eigenvalue weighted by atomic mass is 9.95. The van der Waals surface area contributed by atoms with Crippen molar-refractivity contribution in [2.45, 2.75) is 38.3 Å². The smallest absolute Gasteiger partial charge is 0.345 e. The molecule has 7 nitrogen and oxygen atoms in total. The van der Waals surface area contributed by atoms with E-state index in [1.54, 1.807) is 11.0 Å². The van der Waals surface area contributed by atoms with Gasteiger partial charge < -0.3 is 15.1 Å². The number of hydrogen-bond donors (Lipinski definition) is 1. The molecular weight excluding hydrogens is 397 g/mol. The zero-order valence-electron chi connectivity index (χ0n) is 17.0. The third-order valence-corrected chi connectivity index (χ3v) is 5.00. The maximum Gasteiger partial charge on any atom is 0.416 e. The highest BCUT2D eigenvalue weighted by Crippen LogP contribution is 2.31. The van der Waals surface area contributed by atoms with Gasteiger partial charge in [0.05, 0.1) is 11.3 Å². The number of aromatic nitrogens is 3. The summed E-state index contributed by atoms with van der Waals surface area (Å²) in [5, 5.41) is 2.89. The quantitative estimate of drug-likeness (QED) is 0.684. The zero-order valence-corrected chi connectivity index (χ0v) is 17.0. The molecule has 0 saturated carbocycles. The second kappa shape index (κ2) is 9.27. The third kappa shape index (κ3) is 5.37. The van der Waals surface area contributed by atoms with E-state index in [1.165, 1.54) is 0 Å². The number of nitrogens with one attached hydrogen (secondary N) is 1. The van der Waals surface area contributed by atoms with Gasteiger partial charge in [0, 0.05) is 44.9 Å². The normalized spacial score (nSPS) is 17.0. The van der Waals surface area contributed by atoms with Crippen LogP contribution in [0, 0.1) is 0 Å². The van der Waals surface area contributed by atoms with Gasteiger partial charge in [0.1, 0.15) is 11.6 Å². The number of rotatable bonds is 7. The minimum absolute atomic E-state index is 0.0377. The Bertz CT molecular complexity index is 876. The molecule has 1 saturated heterocycles. The topological polar surface area (TPSA) is 74.2 Å². The molecule has 1 N–H and O–H groups in total. The van der Waals surface area contributed by atoms with E-state index in [2.05, 4.69) is 20.3 Å². The van der Waals surface area contributed by atoms with E-state index in [1.807, 2.05) is 18.9 Å². The van der Waals surface area contributed by atoms with Gasteiger partial charge in [-0.05, 0) is 31.4 Å². The molecule has 2 aromatic rings. The van der Waals surface area contributed by atoms with Crippen LogP contribution in [-0.2, 0) is 11.0 Å². The molecule has 30 heavy (non-hydrogen) atoms. The molecule has 162 valence electrons. The second-order valence-corrected chi connectivity index (χ2v) is 7.39. The minimum atomic E-state index is -4.46. The Morgan fingerprint density at radius 2 is 2.10 bits per heavy atom. The van der Waals surface area contributed by atoms with Gasteiger partial charge in [-0.2, -0.15) is 18.2 Å². The number of amides is 1. The second-order valence-electron chi connectivity index (χ2n) is 7.39. The van der Waals surface area contributed by atoms with Crippen LogP contribution in [0.2, 0.25) is 0 Å². The maximum absolute atomic E-state index is 13.0. The largest absolute Gasteiger partial charge is 0.416 e. The van der Waals surface area contributed by atoms with Gasteiger partial charge in [-0.1, -0.05) is 6.92 Å². The first-order chi connectivity index (χ1) is 14.3. The number of halogens is 3. The fraction of sp³-hybridized carbons (Fsp3) is 0.500. The fourth-order valence-corrected chi connectivity index (χ4v) is 3.48. The Kier molecular flexibility index (Phi) is 6.73. The summed E-state index contributed by atoms with van der Waals surface area (Å²) < 4.78 is 39.1. The summed E-state index contributed by atoms with van der Waals surface area (Å²) in [6, 6.07) is 3.60.